The summed E-state index contributed by atoms with van der Waals surface area (Å²) < 4.78 is 11.0. The van der Waals surface area contributed by atoms with Gasteiger partial charge in [0.05, 0.1) is 29.0 Å². The van der Waals surface area contributed by atoms with Crippen molar-refractivity contribution < 1.29 is 18.7 Å². The molecule has 1 aliphatic heterocycles. The number of nitrogens with one attached hydrogen (secondary N) is 1. The third-order valence-corrected chi connectivity index (χ3v) is 7.41. The first-order valence-electron chi connectivity index (χ1n) is 12.3. The highest BCUT2D eigenvalue weighted by Gasteiger charge is 2.24. The SMILES string of the molecule is COc1ccccc1C(=O)N1CCN(c2ccc(NC(=O)CSc3nnc(-c4ccccc4Cl)o3)cc2)CC1. The van der Waals surface area contributed by atoms with Crippen LogP contribution in [0.4, 0.5) is 11.4 Å². The van der Waals surface area contributed by atoms with Gasteiger partial charge in [-0.25, -0.2) is 0 Å². The monoisotopic (exact) mass is 563 g/mol. The Morgan fingerprint density at radius 3 is 2.44 bits per heavy atom. The van der Waals surface area contributed by atoms with Gasteiger partial charge in [-0.3, -0.25) is 9.59 Å². The number of halogens is 1. The maximum Gasteiger partial charge on any atom is 0.277 e. The Kier molecular flexibility index (Phi) is 8.33. The summed E-state index contributed by atoms with van der Waals surface area (Å²) in [4.78, 5) is 29.5. The van der Waals surface area contributed by atoms with Gasteiger partial charge in [-0.05, 0) is 48.5 Å². The van der Waals surface area contributed by atoms with Crippen LogP contribution in [0, 0.1) is 0 Å². The van der Waals surface area contributed by atoms with Crippen molar-refractivity contribution >= 4 is 46.6 Å². The Labute approximate surface area is 235 Å². The van der Waals surface area contributed by atoms with E-state index >= 15 is 0 Å². The minimum Gasteiger partial charge on any atom is -0.496 e. The first-order valence-corrected chi connectivity index (χ1v) is 13.7. The van der Waals surface area contributed by atoms with Gasteiger partial charge in [0.2, 0.25) is 11.8 Å². The zero-order valence-electron chi connectivity index (χ0n) is 21.2. The Morgan fingerprint density at radius 2 is 1.69 bits per heavy atom. The maximum absolute atomic E-state index is 13.0. The van der Waals surface area contributed by atoms with Crippen LogP contribution in [-0.4, -0.2) is 66.0 Å². The summed E-state index contributed by atoms with van der Waals surface area (Å²) >= 11 is 7.33. The van der Waals surface area contributed by atoms with Crippen molar-refractivity contribution in [1.82, 2.24) is 15.1 Å². The predicted octanol–water partition coefficient (Wildman–Crippen LogP) is 5.09. The van der Waals surface area contributed by atoms with Crippen LogP contribution in [0.15, 0.2) is 82.4 Å². The largest absolute Gasteiger partial charge is 0.496 e. The van der Waals surface area contributed by atoms with Crippen molar-refractivity contribution in [3.63, 3.8) is 0 Å². The summed E-state index contributed by atoms with van der Waals surface area (Å²) in [5.74, 6) is 0.801. The molecule has 2 amide bonds. The molecule has 11 heteroatoms. The zero-order valence-corrected chi connectivity index (χ0v) is 22.7. The third kappa shape index (κ3) is 6.35. The molecule has 0 radical (unpaired) electrons. The van der Waals surface area contributed by atoms with Crippen LogP contribution in [0.25, 0.3) is 11.5 Å². The van der Waals surface area contributed by atoms with Crippen LogP contribution in [-0.2, 0) is 4.79 Å². The Morgan fingerprint density at radius 1 is 0.974 bits per heavy atom. The maximum atomic E-state index is 13.0. The number of carbonyl (C=O) groups excluding carboxylic acids is 2. The molecule has 0 bridgehead atoms. The molecule has 0 unspecified atom stereocenters. The summed E-state index contributed by atoms with van der Waals surface area (Å²) in [7, 11) is 1.57. The molecule has 0 atom stereocenters. The van der Waals surface area contributed by atoms with Gasteiger partial charge < -0.3 is 24.3 Å². The van der Waals surface area contributed by atoms with E-state index < -0.39 is 0 Å². The van der Waals surface area contributed by atoms with Crippen LogP contribution in [0.1, 0.15) is 10.4 Å². The second-order valence-corrected chi connectivity index (χ2v) is 10.1. The molecule has 9 nitrogen and oxygen atoms in total. The third-order valence-electron chi connectivity index (χ3n) is 6.26. The van der Waals surface area contributed by atoms with Crippen LogP contribution < -0.4 is 15.0 Å². The minimum absolute atomic E-state index is 0.0244. The van der Waals surface area contributed by atoms with Gasteiger partial charge in [0, 0.05) is 37.6 Å². The van der Waals surface area contributed by atoms with E-state index in [4.69, 9.17) is 20.8 Å². The van der Waals surface area contributed by atoms with Crippen LogP contribution in [0.5, 0.6) is 5.75 Å². The molecule has 1 aliphatic rings. The Balaban J connectivity index is 1.10. The first-order chi connectivity index (χ1) is 19.0. The molecular weight excluding hydrogens is 538 g/mol. The highest BCUT2D eigenvalue weighted by molar-refractivity contribution is 7.99. The lowest BCUT2D eigenvalue weighted by Gasteiger charge is -2.36. The zero-order chi connectivity index (χ0) is 27.2. The highest BCUT2D eigenvalue weighted by atomic mass is 35.5. The lowest BCUT2D eigenvalue weighted by molar-refractivity contribution is -0.113. The van der Waals surface area contributed by atoms with Gasteiger partial charge in [-0.15, -0.1) is 10.2 Å². The van der Waals surface area contributed by atoms with Crippen LogP contribution in [0.3, 0.4) is 0 Å². The number of ether oxygens (including phenoxy) is 1. The number of thioether (sulfide) groups is 1. The molecule has 39 heavy (non-hydrogen) atoms. The van der Waals surface area contributed by atoms with Gasteiger partial charge in [0.15, 0.2) is 0 Å². The molecule has 1 saturated heterocycles. The number of aromatic nitrogens is 2. The van der Waals surface area contributed by atoms with Gasteiger partial charge >= 0.3 is 0 Å². The lowest BCUT2D eigenvalue weighted by atomic mass is 10.1. The van der Waals surface area contributed by atoms with E-state index in [-0.39, 0.29) is 17.6 Å². The minimum atomic E-state index is -0.186. The van der Waals surface area contributed by atoms with Crippen molar-refractivity contribution in [1.29, 1.82) is 0 Å². The molecule has 0 aliphatic carbocycles. The number of para-hydroxylation sites is 1. The van der Waals surface area contributed by atoms with Crippen molar-refractivity contribution in [2.45, 2.75) is 5.22 Å². The number of anilines is 2. The number of amides is 2. The van der Waals surface area contributed by atoms with Gasteiger partial charge in [0.25, 0.3) is 11.1 Å². The van der Waals surface area contributed by atoms with Gasteiger partial charge in [-0.2, -0.15) is 0 Å². The molecule has 4 aromatic rings. The van der Waals surface area contributed by atoms with E-state index in [9.17, 15) is 9.59 Å². The quantitative estimate of drug-likeness (QED) is 0.296. The van der Waals surface area contributed by atoms with E-state index in [0.717, 1.165) is 17.4 Å². The molecule has 1 N–H and O–H groups in total. The molecule has 3 aromatic carbocycles. The van der Waals surface area contributed by atoms with E-state index in [0.29, 0.717) is 64.9 Å². The number of rotatable bonds is 8. The molecular formula is C28H26ClN5O4S. The normalized spacial score (nSPS) is 13.3. The van der Waals surface area contributed by atoms with E-state index in [2.05, 4.69) is 20.4 Å². The molecule has 1 aromatic heterocycles. The number of methoxy groups -OCH3 is 1. The molecule has 1 fully saturated rings. The fourth-order valence-electron chi connectivity index (χ4n) is 4.25. The molecule has 2 heterocycles. The number of piperazine rings is 1. The molecule has 0 saturated carbocycles. The topological polar surface area (TPSA) is 101 Å². The van der Waals surface area contributed by atoms with Crippen molar-refractivity contribution in [3.8, 4) is 17.2 Å². The van der Waals surface area contributed by atoms with Crippen molar-refractivity contribution in [3.05, 3.63) is 83.4 Å². The van der Waals surface area contributed by atoms with Crippen LogP contribution in [0.2, 0.25) is 5.02 Å². The van der Waals surface area contributed by atoms with Crippen LogP contribution >= 0.6 is 23.4 Å². The van der Waals surface area contributed by atoms with E-state index in [1.54, 1.807) is 31.4 Å². The first kappa shape index (κ1) is 26.6. The summed E-state index contributed by atoms with van der Waals surface area (Å²) in [6.07, 6.45) is 0. The smallest absolute Gasteiger partial charge is 0.277 e. The van der Waals surface area contributed by atoms with E-state index in [1.165, 1.54) is 0 Å². The van der Waals surface area contributed by atoms with Gasteiger partial charge in [-0.1, -0.05) is 47.6 Å². The molecule has 0 spiro atoms. The number of nitrogens with zero attached hydrogens (tertiary/aromatic N) is 4. The fourth-order valence-corrected chi connectivity index (χ4v) is 5.03. The average molecular weight is 564 g/mol. The Bertz CT molecular complexity index is 1450. The number of carbonyl (C=O) groups is 2. The second-order valence-electron chi connectivity index (χ2n) is 8.72. The van der Waals surface area contributed by atoms with Crippen molar-refractivity contribution in [2.24, 2.45) is 0 Å². The second kappa shape index (κ2) is 12.2. The fraction of sp³-hybridized carbons (Fsp3) is 0.214. The number of hydrogen-bond acceptors (Lipinski definition) is 8. The Hall–Kier alpha value is -4.02. The van der Waals surface area contributed by atoms with E-state index in [1.807, 2.05) is 53.4 Å². The number of hydrogen-bond donors (Lipinski definition) is 1. The summed E-state index contributed by atoms with van der Waals surface area (Å²) in [6, 6.07) is 22.1. The van der Waals surface area contributed by atoms with Crippen molar-refractivity contribution in [2.75, 3.05) is 49.3 Å². The highest BCUT2D eigenvalue weighted by Crippen LogP contribution is 2.29. The standard InChI is InChI=1S/C28H26ClN5O4S/c1-37-24-9-5-3-7-22(24)27(36)34-16-14-33(15-17-34)20-12-10-19(11-13-20)30-25(35)18-39-28-32-31-26(38-28)21-6-2-4-8-23(21)29/h2-13H,14-18H2,1H3,(H,30,35). The lowest BCUT2D eigenvalue weighted by Crippen LogP contribution is -2.48. The summed E-state index contributed by atoms with van der Waals surface area (Å²) in [5.41, 5.74) is 2.95. The molecule has 5 rings (SSSR count). The predicted molar refractivity (Wildman–Crippen MR) is 152 cm³/mol. The van der Waals surface area contributed by atoms with Gasteiger partial charge in [0.1, 0.15) is 5.75 Å². The number of benzene rings is 3. The molecule has 200 valence electrons. The summed E-state index contributed by atoms with van der Waals surface area (Å²) in [6.45, 7) is 2.65. The average Bonchev–Trinajstić information content (AvgIpc) is 3.45. The summed E-state index contributed by atoms with van der Waals surface area (Å²) in [5, 5.41) is 11.7.